The molecule has 1 aromatic carbocycles. The first kappa shape index (κ1) is 16.8. The van der Waals surface area contributed by atoms with Crippen molar-refractivity contribution in [3.63, 3.8) is 0 Å². The first-order valence-electron chi connectivity index (χ1n) is 8.72. The predicted octanol–water partition coefficient (Wildman–Crippen LogP) is 2.01. The van der Waals surface area contributed by atoms with Crippen molar-refractivity contribution in [1.29, 1.82) is 0 Å². The third kappa shape index (κ3) is 4.06. The maximum Gasteiger partial charge on any atom is 0.262 e. The maximum atomic E-state index is 12.2. The van der Waals surface area contributed by atoms with E-state index in [9.17, 15) is 9.59 Å². The Balaban J connectivity index is 1.46. The summed E-state index contributed by atoms with van der Waals surface area (Å²) >= 11 is 0. The molecule has 1 aromatic rings. The highest BCUT2D eigenvalue weighted by atomic mass is 16.5. The van der Waals surface area contributed by atoms with Gasteiger partial charge in [0, 0.05) is 24.7 Å². The Hall–Kier alpha value is -2.08. The third-order valence-electron chi connectivity index (χ3n) is 4.72. The number of rotatable bonds is 5. The van der Waals surface area contributed by atoms with E-state index in [1.807, 2.05) is 0 Å². The van der Waals surface area contributed by atoms with Gasteiger partial charge in [-0.05, 0) is 50.9 Å². The molecule has 2 N–H and O–H groups in total. The Bertz CT molecular complexity index is 618. The van der Waals surface area contributed by atoms with Gasteiger partial charge in [-0.15, -0.1) is 0 Å². The standard InChI is InChI=1S/C18H25N3O3/c1-13-5-2-3-9-21(13)10-4-8-19-18(23)14-6-7-15-16(11-14)24-12-17(22)20-15/h6-7,11,13H,2-5,8-10,12H2,1H3,(H,19,23)(H,20,22). The van der Waals surface area contributed by atoms with Crippen LogP contribution in [-0.4, -0.2) is 49.0 Å². The van der Waals surface area contributed by atoms with Crippen LogP contribution in [0.5, 0.6) is 5.75 Å². The molecule has 6 heteroatoms. The first-order chi connectivity index (χ1) is 11.6. The molecular weight excluding hydrogens is 306 g/mol. The Kier molecular flexibility index (Phi) is 5.35. The van der Waals surface area contributed by atoms with Gasteiger partial charge in [0.05, 0.1) is 5.69 Å². The molecular formula is C18H25N3O3. The minimum absolute atomic E-state index is 0.00785. The van der Waals surface area contributed by atoms with Crippen LogP contribution in [0.2, 0.25) is 0 Å². The highest BCUT2D eigenvalue weighted by Gasteiger charge is 2.19. The number of carbonyl (C=O) groups is 2. The summed E-state index contributed by atoms with van der Waals surface area (Å²) in [4.78, 5) is 26.0. The summed E-state index contributed by atoms with van der Waals surface area (Å²) in [5.74, 6) is 0.265. The van der Waals surface area contributed by atoms with Gasteiger partial charge in [0.15, 0.2) is 6.61 Å². The summed E-state index contributed by atoms with van der Waals surface area (Å²) in [7, 11) is 0. The lowest BCUT2D eigenvalue weighted by Gasteiger charge is -2.33. The third-order valence-corrected chi connectivity index (χ3v) is 4.72. The van der Waals surface area contributed by atoms with E-state index in [1.54, 1.807) is 18.2 Å². The van der Waals surface area contributed by atoms with Crippen molar-refractivity contribution in [2.75, 3.05) is 31.6 Å². The molecule has 3 rings (SSSR count). The number of likely N-dealkylation sites (tertiary alicyclic amines) is 1. The largest absolute Gasteiger partial charge is 0.482 e. The van der Waals surface area contributed by atoms with E-state index in [0.29, 0.717) is 29.6 Å². The normalized spacial score (nSPS) is 20.7. The molecule has 2 aliphatic rings. The van der Waals surface area contributed by atoms with Crippen LogP contribution in [0.25, 0.3) is 0 Å². The zero-order valence-corrected chi connectivity index (χ0v) is 14.1. The van der Waals surface area contributed by atoms with Crippen molar-refractivity contribution in [3.8, 4) is 5.75 Å². The second-order valence-corrected chi connectivity index (χ2v) is 6.54. The number of piperidine rings is 1. The molecule has 130 valence electrons. The van der Waals surface area contributed by atoms with Gasteiger partial charge in [-0.2, -0.15) is 0 Å². The lowest BCUT2D eigenvalue weighted by molar-refractivity contribution is -0.118. The fourth-order valence-electron chi connectivity index (χ4n) is 3.29. The second-order valence-electron chi connectivity index (χ2n) is 6.54. The van der Waals surface area contributed by atoms with E-state index in [1.165, 1.54) is 25.8 Å². The Morgan fingerprint density at radius 2 is 2.29 bits per heavy atom. The number of carbonyl (C=O) groups excluding carboxylic acids is 2. The van der Waals surface area contributed by atoms with Crippen molar-refractivity contribution < 1.29 is 14.3 Å². The molecule has 0 saturated carbocycles. The summed E-state index contributed by atoms with van der Waals surface area (Å²) in [5.41, 5.74) is 1.16. The molecule has 0 spiro atoms. The highest BCUT2D eigenvalue weighted by Crippen LogP contribution is 2.28. The molecule has 0 bridgehead atoms. The molecule has 2 heterocycles. The Labute approximate surface area is 142 Å². The molecule has 2 amide bonds. The molecule has 1 atom stereocenters. The van der Waals surface area contributed by atoms with E-state index in [-0.39, 0.29) is 18.4 Å². The van der Waals surface area contributed by atoms with Crippen molar-refractivity contribution in [1.82, 2.24) is 10.2 Å². The van der Waals surface area contributed by atoms with Crippen molar-refractivity contribution in [2.24, 2.45) is 0 Å². The lowest BCUT2D eigenvalue weighted by Crippen LogP contribution is -2.39. The van der Waals surface area contributed by atoms with Gasteiger partial charge in [0.1, 0.15) is 5.75 Å². The van der Waals surface area contributed by atoms with Crippen LogP contribution < -0.4 is 15.4 Å². The van der Waals surface area contributed by atoms with E-state index >= 15 is 0 Å². The molecule has 0 aliphatic carbocycles. The minimum atomic E-state index is -0.174. The molecule has 6 nitrogen and oxygen atoms in total. The number of ether oxygens (including phenoxy) is 1. The first-order valence-corrected chi connectivity index (χ1v) is 8.72. The van der Waals surface area contributed by atoms with Crippen LogP contribution >= 0.6 is 0 Å². The van der Waals surface area contributed by atoms with Gasteiger partial charge < -0.3 is 20.3 Å². The number of fused-ring (bicyclic) bond motifs is 1. The van der Waals surface area contributed by atoms with Gasteiger partial charge in [-0.25, -0.2) is 0 Å². The van der Waals surface area contributed by atoms with Crippen LogP contribution in [0.4, 0.5) is 5.69 Å². The van der Waals surface area contributed by atoms with E-state index in [4.69, 9.17) is 4.74 Å². The average Bonchev–Trinajstić information content (AvgIpc) is 2.59. The fraction of sp³-hybridized carbons (Fsp3) is 0.556. The smallest absolute Gasteiger partial charge is 0.262 e. The quantitative estimate of drug-likeness (QED) is 0.810. The molecule has 0 radical (unpaired) electrons. The molecule has 1 fully saturated rings. The number of hydrogen-bond acceptors (Lipinski definition) is 4. The number of nitrogens with one attached hydrogen (secondary N) is 2. The fourth-order valence-corrected chi connectivity index (χ4v) is 3.29. The van der Waals surface area contributed by atoms with Gasteiger partial charge >= 0.3 is 0 Å². The minimum Gasteiger partial charge on any atom is -0.482 e. The lowest BCUT2D eigenvalue weighted by atomic mass is 10.0. The topological polar surface area (TPSA) is 70.7 Å². The monoisotopic (exact) mass is 331 g/mol. The summed E-state index contributed by atoms with van der Waals surface area (Å²) in [6.07, 6.45) is 4.84. The molecule has 24 heavy (non-hydrogen) atoms. The van der Waals surface area contributed by atoms with Crippen LogP contribution in [0.3, 0.4) is 0 Å². The summed E-state index contributed by atoms with van der Waals surface area (Å²) in [5, 5.41) is 5.68. The van der Waals surface area contributed by atoms with Gasteiger partial charge in [-0.1, -0.05) is 6.42 Å². The van der Waals surface area contributed by atoms with Gasteiger partial charge in [-0.3, -0.25) is 9.59 Å². The van der Waals surface area contributed by atoms with Gasteiger partial charge in [0.25, 0.3) is 11.8 Å². The number of amides is 2. The van der Waals surface area contributed by atoms with E-state index in [2.05, 4.69) is 22.5 Å². The summed E-state index contributed by atoms with van der Waals surface area (Å²) < 4.78 is 5.34. The zero-order valence-electron chi connectivity index (χ0n) is 14.1. The highest BCUT2D eigenvalue weighted by molar-refractivity contribution is 5.98. The molecule has 2 aliphatic heterocycles. The number of anilines is 1. The van der Waals surface area contributed by atoms with Crippen LogP contribution in [0.1, 0.15) is 43.0 Å². The average molecular weight is 331 g/mol. The summed E-state index contributed by atoms with van der Waals surface area (Å²) in [6.45, 7) is 5.14. The Morgan fingerprint density at radius 1 is 1.42 bits per heavy atom. The van der Waals surface area contributed by atoms with Crippen molar-refractivity contribution >= 4 is 17.5 Å². The van der Waals surface area contributed by atoms with Crippen LogP contribution in [-0.2, 0) is 4.79 Å². The van der Waals surface area contributed by atoms with Crippen molar-refractivity contribution in [3.05, 3.63) is 23.8 Å². The SMILES string of the molecule is CC1CCCCN1CCCNC(=O)c1ccc2c(c1)OCC(=O)N2. The molecule has 0 aromatic heterocycles. The second kappa shape index (κ2) is 7.66. The van der Waals surface area contributed by atoms with Gasteiger partial charge in [0.2, 0.25) is 0 Å². The maximum absolute atomic E-state index is 12.2. The number of benzene rings is 1. The predicted molar refractivity (Wildman–Crippen MR) is 92.4 cm³/mol. The molecule has 1 unspecified atom stereocenters. The van der Waals surface area contributed by atoms with Crippen molar-refractivity contribution in [2.45, 2.75) is 38.6 Å². The van der Waals surface area contributed by atoms with E-state index in [0.717, 1.165) is 13.0 Å². The van der Waals surface area contributed by atoms with Crippen LogP contribution in [0, 0.1) is 0 Å². The number of hydrogen-bond donors (Lipinski definition) is 2. The molecule has 1 saturated heterocycles. The van der Waals surface area contributed by atoms with Crippen LogP contribution in [0.15, 0.2) is 18.2 Å². The number of nitrogens with zero attached hydrogens (tertiary/aromatic N) is 1. The summed E-state index contributed by atoms with van der Waals surface area (Å²) in [6, 6.07) is 5.74. The zero-order chi connectivity index (χ0) is 16.9. The Morgan fingerprint density at radius 3 is 3.12 bits per heavy atom. The van der Waals surface area contributed by atoms with E-state index < -0.39 is 0 Å².